The molecule has 1 aromatic rings. The molecule has 0 aliphatic heterocycles. The van der Waals surface area contributed by atoms with Crippen molar-refractivity contribution in [2.75, 3.05) is 11.9 Å². The van der Waals surface area contributed by atoms with Crippen LogP contribution in [0.2, 0.25) is 5.02 Å². The normalized spacial score (nSPS) is 9.64. The van der Waals surface area contributed by atoms with Crippen LogP contribution in [0.3, 0.4) is 0 Å². The van der Waals surface area contributed by atoms with Gasteiger partial charge in [0.15, 0.2) is 0 Å². The third-order valence-electron chi connectivity index (χ3n) is 1.78. The lowest BCUT2D eigenvalue weighted by Gasteiger charge is -2.17. The average molecular weight is 211 g/mol. The van der Waals surface area contributed by atoms with Gasteiger partial charge in [-0.15, -0.1) is 0 Å². The van der Waals surface area contributed by atoms with Gasteiger partial charge in [0.2, 0.25) is 0 Å². The standard InChI is InChI=1S/C10H11ClN2O/c1-7(2)10(14)13(3)9-6-12-5-4-8(9)11/h4-6H,1H2,2-3H3. The first-order chi connectivity index (χ1) is 6.54. The van der Waals surface area contributed by atoms with Crippen molar-refractivity contribution in [3.63, 3.8) is 0 Å². The van der Waals surface area contributed by atoms with E-state index in [0.29, 0.717) is 16.3 Å². The lowest BCUT2D eigenvalue weighted by atomic mass is 10.3. The van der Waals surface area contributed by atoms with E-state index in [4.69, 9.17) is 11.6 Å². The maximum absolute atomic E-state index is 11.5. The van der Waals surface area contributed by atoms with Crippen molar-refractivity contribution in [3.8, 4) is 0 Å². The average Bonchev–Trinajstić information content (AvgIpc) is 2.16. The smallest absolute Gasteiger partial charge is 0.253 e. The molecule has 0 unspecified atom stereocenters. The summed E-state index contributed by atoms with van der Waals surface area (Å²) < 4.78 is 0. The van der Waals surface area contributed by atoms with E-state index in [1.54, 1.807) is 32.4 Å². The molecule has 1 heterocycles. The van der Waals surface area contributed by atoms with E-state index >= 15 is 0 Å². The van der Waals surface area contributed by atoms with E-state index < -0.39 is 0 Å². The second-order valence-electron chi connectivity index (χ2n) is 2.97. The van der Waals surface area contributed by atoms with Gasteiger partial charge in [0.1, 0.15) is 0 Å². The van der Waals surface area contributed by atoms with Gasteiger partial charge in [0.05, 0.1) is 16.9 Å². The Morgan fingerprint density at radius 2 is 2.29 bits per heavy atom. The van der Waals surface area contributed by atoms with Crippen LogP contribution >= 0.6 is 11.6 Å². The van der Waals surface area contributed by atoms with Crippen LogP contribution in [0.4, 0.5) is 5.69 Å². The number of carbonyl (C=O) groups excluding carboxylic acids is 1. The minimum Gasteiger partial charge on any atom is -0.309 e. The van der Waals surface area contributed by atoms with Crippen LogP contribution in [-0.2, 0) is 4.79 Å². The largest absolute Gasteiger partial charge is 0.309 e. The number of nitrogens with zero attached hydrogens (tertiary/aromatic N) is 2. The molecular formula is C10H11ClN2O. The quantitative estimate of drug-likeness (QED) is 0.702. The van der Waals surface area contributed by atoms with E-state index in [-0.39, 0.29) is 5.91 Å². The molecule has 3 nitrogen and oxygen atoms in total. The molecule has 14 heavy (non-hydrogen) atoms. The van der Waals surface area contributed by atoms with Crippen LogP contribution in [0.5, 0.6) is 0 Å². The van der Waals surface area contributed by atoms with Gasteiger partial charge in [0, 0.05) is 18.8 Å². The molecule has 0 radical (unpaired) electrons. The minimum atomic E-state index is -0.167. The molecule has 0 aromatic carbocycles. The first kappa shape index (κ1) is 10.7. The summed E-state index contributed by atoms with van der Waals surface area (Å²) in [6.45, 7) is 5.23. The summed E-state index contributed by atoms with van der Waals surface area (Å²) in [6, 6.07) is 1.64. The maximum atomic E-state index is 11.5. The fraction of sp³-hybridized carbons (Fsp3) is 0.200. The summed E-state index contributed by atoms with van der Waals surface area (Å²) in [4.78, 5) is 16.9. The number of amides is 1. The second kappa shape index (κ2) is 4.24. The summed E-state index contributed by atoms with van der Waals surface area (Å²) in [5.41, 5.74) is 1.05. The van der Waals surface area contributed by atoms with Crippen LogP contribution in [0.1, 0.15) is 6.92 Å². The van der Waals surface area contributed by atoms with E-state index in [0.717, 1.165) is 0 Å². The van der Waals surface area contributed by atoms with Crippen LogP contribution in [0.15, 0.2) is 30.6 Å². The summed E-state index contributed by atoms with van der Waals surface area (Å²) >= 11 is 5.90. The van der Waals surface area contributed by atoms with Gasteiger partial charge in [-0.3, -0.25) is 9.78 Å². The molecule has 0 bridgehead atoms. The lowest BCUT2D eigenvalue weighted by molar-refractivity contribution is -0.114. The summed E-state index contributed by atoms with van der Waals surface area (Å²) in [5, 5.41) is 0.497. The Morgan fingerprint density at radius 3 is 2.79 bits per heavy atom. The van der Waals surface area contributed by atoms with E-state index in [1.165, 1.54) is 4.90 Å². The van der Waals surface area contributed by atoms with Crippen molar-refractivity contribution in [1.29, 1.82) is 0 Å². The highest BCUT2D eigenvalue weighted by Gasteiger charge is 2.13. The van der Waals surface area contributed by atoms with Gasteiger partial charge in [-0.25, -0.2) is 0 Å². The monoisotopic (exact) mass is 210 g/mol. The third kappa shape index (κ3) is 2.12. The molecule has 0 saturated carbocycles. The highest BCUT2D eigenvalue weighted by molar-refractivity contribution is 6.33. The van der Waals surface area contributed by atoms with Crippen molar-refractivity contribution in [1.82, 2.24) is 4.98 Å². The van der Waals surface area contributed by atoms with Gasteiger partial charge in [-0.2, -0.15) is 0 Å². The fourth-order valence-corrected chi connectivity index (χ4v) is 1.24. The van der Waals surface area contributed by atoms with Crippen molar-refractivity contribution in [2.24, 2.45) is 0 Å². The number of pyridine rings is 1. The topological polar surface area (TPSA) is 33.2 Å². The first-order valence-corrected chi connectivity index (χ1v) is 4.45. The van der Waals surface area contributed by atoms with Crippen molar-refractivity contribution in [3.05, 3.63) is 35.6 Å². The van der Waals surface area contributed by atoms with Gasteiger partial charge in [-0.1, -0.05) is 18.2 Å². The molecule has 0 N–H and O–H groups in total. The summed E-state index contributed by atoms with van der Waals surface area (Å²) in [5.74, 6) is -0.167. The zero-order chi connectivity index (χ0) is 10.7. The molecule has 1 aromatic heterocycles. The molecule has 74 valence electrons. The Labute approximate surface area is 88.0 Å². The molecule has 0 atom stereocenters. The van der Waals surface area contributed by atoms with Crippen molar-refractivity contribution >= 4 is 23.2 Å². The van der Waals surface area contributed by atoms with Crippen LogP contribution in [0.25, 0.3) is 0 Å². The zero-order valence-corrected chi connectivity index (χ0v) is 8.88. The predicted octanol–water partition coefficient (Wildman–Crippen LogP) is 2.27. The number of hydrogen-bond acceptors (Lipinski definition) is 2. The Bertz CT molecular complexity index is 376. The SMILES string of the molecule is C=C(C)C(=O)N(C)c1cnccc1Cl. The molecule has 4 heteroatoms. The molecule has 1 amide bonds. The molecule has 0 aliphatic rings. The number of rotatable bonds is 2. The second-order valence-corrected chi connectivity index (χ2v) is 3.38. The van der Waals surface area contributed by atoms with E-state index in [1.807, 2.05) is 0 Å². The number of hydrogen-bond donors (Lipinski definition) is 0. The number of anilines is 1. The third-order valence-corrected chi connectivity index (χ3v) is 2.10. The molecule has 0 aliphatic carbocycles. The molecule has 0 saturated heterocycles. The van der Waals surface area contributed by atoms with Gasteiger partial charge in [0.25, 0.3) is 5.91 Å². The fourth-order valence-electron chi connectivity index (χ4n) is 1.01. The van der Waals surface area contributed by atoms with Gasteiger partial charge < -0.3 is 4.90 Å². The van der Waals surface area contributed by atoms with Crippen LogP contribution in [-0.4, -0.2) is 17.9 Å². The maximum Gasteiger partial charge on any atom is 0.253 e. The van der Waals surface area contributed by atoms with E-state index in [2.05, 4.69) is 11.6 Å². The molecule has 0 spiro atoms. The van der Waals surface area contributed by atoms with Gasteiger partial charge in [-0.05, 0) is 13.0 Å². The Hall–Kier alpha value is -1.35. The molecule has 1 rings (SSSR count). The van der Waals surface area contributed by atoms with Crippen LogP contribution < -0.4 is 4.90 Å². The van der Waals surface area contributed by atoms with Crippen molar-refractivity contribution in [2.45, 2.75) is 6.92 Å². The van der Waals surface area contributed by atoms with Crippen molar-refractivity contribution < 1.29 is 4.79 Å². The minimum absolute atomic E-state index is 0.167. The highest BCUT2D eigenvalue weighted by atomic mass is 35.5. The van der Waals surface area contributed by atoms with Crippen LogP contribution in [0, 0.1) is 0 Å². The Balaban J connectivity index is 3.01. The lowest BCUT2D eigenvalue weighted by Crippen LogP contribution is -2.26. The number of carbonyl (C=O) groups is 1. The molecule has 0 fully saturated rings. The predicted molar refractivity (Wildman–Crippen MR) is 57.5 cm³/mol. The molecular weight excluding hydrogens is 200 g/mol. The van der Waals surface area contributed by atoms with Gasteiger partial charge >= 0.3 is 0 Å². The summed E-state index contributed by atoms with van der Waals surface area (Å²) in [7, 11) is 1.64. The van der Waals surface area contributed by atoms with E-state index in [9.17, 15) is 4.79 Å². The Kier molecular flexibility index (Phi) is 3.25. The number of likely N-dealkylation sites (N-methyl/N-ethyl adjacent to an activating group) is 1. The zero-order valence-electron chi connectivity index (χ0n) is 8.12. The highest BCUT2D eigenvalue weighted by Crippen LogP contribution is 2.23. The summed E-state index contributed by atoms with van der Waals surface area (Å²) in [6.07, 6.45) is 3.12. The number of aromatic nitrogens is 1. The first-order valence-electron chi connectivity index (χ1n) is 4.07. The number of halogens is 1. The Morgan fingerprint density at radius 1 is 1.64 bits per heavy atom.